The molecular weight excluding hydrogens is 200 g/mol. The van der Waals surface area contributed by atoms with E-state index in [-0.39, 0.29) is 0 Å². The van der Waals surface area contributed by atoms with Gasteiger partial charge in [0.2, 0.25) is 0 Å². The minimum atomic E-state index is 0.802. The van der Waals surface area contributed by atoms with E-state index in [0.29, 0.717) is 0 Å². The zero-order chi connectivity index (χ0) is 11.5. The summed E-state index contributed by atoms with van der Waals surface area (Å²) in [4.78, 5) is 15.6. The summed E-state index contributed by atoms with van der Waals surface area (Å²) in [7, 11) is 2.14. The Hall–Kier alpha value is -1.35. The summed E-state index contributed by atoms with van der Waals surface area (Å²) in [6.07, 6.45) is 0.939. The van der Waals surface area contributed by atoms with Crippen LogP contribution in [0.25, 0.3) is 0 Å². The lowest BCUT2D eigenvalue weighted by atomic mass is 10.1. The second-order valence-electron chi connectivity index (χ2n) is 4.45. The molecule has 0 N–H and O–H groups in total. The Labute approximate surface area is 96.7 Å². The molecule has 1 aromatic carbocycles. The van der Waals surface area contributed by atoms with E-state index in [9.17, 15) is 4.79 Å². The highest BCUT2D eigenvalue weighted by Crippen LogP contribution is 2.19. The number of hydrogen-bond acceptors (Lipinski definition) is 3. The minimum absolute atomic E-state index is 0.802. The van der Waals surface area contributed by atoms with Gasteiger partial charge in [0.25, 0.3) is 0 Å². The smallest absolute Gasteiger partial charge is 0.150 e. The largest absolute Gasteiger partial charge is 0.369 e. The van der Waals surface area contributed by atoms with Crippen molar-refractivity contribution in [1.82, 2.24) is 4.90 Å². The number of anilines is 1. The lowest BCUT2D eigenvalue weighted by Gasteiger charge is -2.34. The number of aldehydes is 1. The Bertz CT molecular complexity index is 382. The molecule has 0 unspecified atom stereocenters. The van der Waals surface area contributed by atoms with Gasteiger partial charge in [0.1, 0.15) is 6.29 Å². The fourth-order valence-electron chi connectivity index (χ4n) is 2.02. The van der Waals surface area contributed by atoms with Crippen molar-refractivity contribution in [3.8, 4) is 0 Å². The van der Waals surface area contributed by atoms with Crippen molar-refractivity contribution >= 4 is 12.0 Å². The van der Waals surface area contributed by atoms with Crippen LogP contribution in [0.5, 0.6) is 0 Å². The second kappa shape index (κ2) is 4.66. The van der Waals surface area contributed by atoms with Crippen molar-refractivity contribution in [3.63, 3.8) is 0 Å². The van der Waals surface area contributed by atoms with Crippen LogP contribution < -0.4 is 4.90 Å². The van der Waals surface area contributed by atoms with Gasteiger partial charge in [-0.15, -0.1) is 0 Å². The van der Waals surface area contributed by atoms with Crippen LogP contribution >= 0.6 is 0 Å². The molecule has 86 valence electrons. The van der Waals surface area contributed by atoms with Gasteiger partial charge in [0, 0.05) is 37.4 Å². The number of carbonyl (C=O) groups excluding carboxylic acids is 1. The van der Waals surface area contributed by atoms with Crippen LogP contribution in [0.15, 0.2) is 18.2 Å². The second-order valence-corrected chi connectivity index (χ2v) is 4.45. The fourth-order valence-corrected chi connectivity index (χ4v) is 2.02. The van der Waals surface area contributed by atoms with Crippen LogP contribution in [-0.2, 0) is 0 Å². The molecule has 0 radical (unpaired) electrons. The summed E-state index contributed by atoms with van der Waals surface area (Å²) in [5.74, 6) is 0. The first-order valence-corrected chi connectivity index (χ1v) is 5.70. The van der Waals surface area contributed by atoms with Crippen LogP contribution in [-0.4, -0.2) is 44.4 Å². The molecule has 0 aliphatic carbocycles. The average Bonchev–Trinajstić information content (AvgIpc) is 2.31. The van der Waals surface area contributed by atoms with Crippen molar-refractivity contribution in [3.05, 3.63) is 29.3 Å². The summed E-state index contributed by atoms with van der Waals surface area (Å²) < 4.78 is 0. The lowest BCUT2D eigenvalue weighted by Crippen LogP contribution is -2.44. The first-order valence-electron chi connectivity index (χ1n) is 5.70. The van der Waals surface area contributed by atoms with Gasteiger partial charge in [-0.1, -0.05) is 6.07 Å². The molecule has 16 heavy (non-hydrogen) atoms. The van der Waals surface area contributed by atoms with Gasteiger partial charge in [-0.3, -0.25) is 4.79 Å². The predicted molar refractivity (Wildman–Crippen MR) is 66.3 cm³/mol. The fraction of sp³-hybridized carbons (Fsp3) is 0.462. The van der Waals surface area contributed by atoms with Crippen LogP contribution in [0, 0.1) is 6.92 Å². The molecule has 0 spiro atoms. The molecule has 3 heteroatoms. The number of rotatable bonds is 2. The van der Waals surface area contributed by atoms with E-state index in [0.717, 1.165) is 43.6 Å². The highest BCUT2D eigenvalue weighted by atomic mass is 16.1. The number of benzene rings is 1. The predicted octanol–water partition coefficient (Wildman–Crippen LogP) is 1.56. The van der Waals surface area contributed by atoms with E-state index in [1.54, 1.807) is 0 Å². The SMILES string of the molecule is Cc1ccc(N2CCN(C)CC2)cc1C=O. The molecular formula is C13H18N2O. The normalized spacial score (nSPS) is 17.5. The molecule has 0 atom stereocenters. The third-order valence-corrected chi connectivity index (χ3v) is 3.26. The van der Waals surface area contributed by atoms with Gasteiger partial charge in [-0.2, -0.15) is 0 Å². The van der Waals surface area contributed by atoms with E-state index in [1.165, 1.54) is 5.69 Å². The third-order valence-electron chi connectivity index (χ3n) is 3.26. The zero-order valence-electron chi connectivity index (χ0n) is 9.94. The first kappa shape index (κ1) is 11.1. The average molecular weight is 218 g/mol. The monoisotopic (exact) mass is 218 g/mol. The molecule has 1 saturated heterocycles. The van der Waals surface area contributed by atoms with Gasteiger partial charge >= 0.3 is 0 Å². The van der Waals surface area contributed by atoms with E-state index in [1.807, 2.05) is 19.1 Å². The standard InChI is InChI=1S/C13H18N2O/c1-11-3-4-13(9-12(11)10-16)15-7-5-14(2)6-8-15/h3-4,9-10H,5-8H2,1-2H3. The van der Waals surface area contributed by atoms with Gasteiger partial charge in [-0.25, -0.2) is 0 Å². The maximum Gasteiger partial charge on any atom is 0.150 e. The summed E-state index contributed by atoms with van der Waals surface area (Å²) >= 11 is 0. The maximum absolute atomic E-state index is 10.9. The summed E-state index contributed by atoms with van der Waals surface area (Å²) in [6, 6.07) is 6.12. The van der Waals surface area contributed by atoms with Crippen molar-refractivity contribution in [1.29, 1.82) is 0 Å². The van der Waals surface area contributed by atoms with Crippen LogP contribution in [0.3, 0.4) is 0 Å². The Morgan fingerprint density at radius 2 is 1.88 bits per heavy atom. The number of hydrogen-bond donors (Lipinski definition) is 0. The number of nitrogens with zero attached hydrogens (tertiary/aromatic N) is 2. The third kappa shape index (κ3) is 2.25. The van der Waals surface area contributed by atoms with Crippen molar-refractivity contribution in [2.45, 2.75) is 6.92 Å². The number of piperazine rings is 1. The minimum Gasteiger partial charge on any atom is -0.369 e. The molecule has 0 aromatic heterocycles. The van der Waals surface area contributed by atoms with Crippen LogP contribution in [0.1, 0.15) is 15.9 Å². The molecule has 0 bridgehead atoms. The van der Waals surface area contributed by atoms with Gasteiger partial charge in [0.05, 0.1) is 0 Å². The molecule has 1 fully saturated rings. The number of likely N-dealkylation sites (N-methyl/N-ethyl adjacent to an activating group) is 1. The lowest BCUT2D eigenvalue weighted by molar-refractivity contribution is 0.112. The Kier molecular flexibility index (Phi) is 3.25. The highest BCUT2D eigenvalue weighted by Gasteiger charge is 2.14. The molecule has 0 amide bonds. The van der Waals surface area contributed by atoms with Crippen LogP contribution in [0.4, 0.5) is 5.69 Å². The topological polar surface area (TPSA) is 23.6 Å². The quantitative estimate of drug-likeness (QED) is 0.704. The highest BCUT2D eigenvalue weighted by molar-refractivity contribution is 5.79. The van der Waals surface area contributed by atoms with Crippen molar-refractivity contribution in [2.24, 2.45) is 0 Å². The molecule has 1 aromatic rings. The summed E-state index contributed by atoms with van der Waals surface area (Å²) in [5, 5.41) is 0. The zero-order valence-corrected chi connectivity index (χ0v) is 9.94. The number of aryl methyl sites for hydroxylation is 1. The van der Waals surface area contributed by atoms with Crippen molar-refractivity contribution < 1.29 is 4.79 Å². The van der Waals surface area contributed by atoms with E-state index < -0.39 is 0 Å². The number of carbonyl (C=O) groups is 1. The maximum atomic E-state index is 10.9. The van der Waals surface area contributed by atoms with Crippen molar-refractivity contribution in [2.75, 3.05) is 38.1 Å². The Morgan fingerprint density at radius 1 is 1.19 bits per heavy atom. The van der Waals surface area contributed by atoms with Crippen LogP contribution in [0.2, 0.25) is 0 Å². The molecule has 3 nitrogen and oxygen atoms in total. The first-order chi connectivity index (χ1) is 7.70. The summed E-state index contributed by atoms with van der Waals surface area (Å²) in [5.41, 5.74) is 3.02. The molecule has 1 heterocycles. The Balaban J connectivity index is 2.17. The van der Waals surface area contributed by atoms with E-state index in [2.05, 4.69) is 22.9 Å². The molecule has 2 rings (SSSR count). The Morgan fingerprint density at radius 3 is 2.50 bits per heavy atom. The molecule has 1 aliphatic rings. The van der Waals surface area contributed by atoms with Gasteiger partial charge < -0.3 is 9.80 Å². The summed E-state index contributed by atoms with van der Waals surface area (Å²) in [6.45, 7) is 6.22. The van der Waals surface area contributed by atoms with Gasteiger partial charge in [0.15, 0.2) is 0 Å². The van der Waals surface area contributed by atoms with E-state index >= 15 is 0 Å². The van der Waals surface area contributed by atoms with Gasteiger partial charge in [-0.05, 0) is 31.7 Å². The van der Waals surface area contributed by atoms with E-state index in [4.69, 9.17) is 0 Å². The molecule has 1 aliphatic heterocycles. The molecule has 0 saturated carbocycles.